The first-order valence-corrected chi connectivity index (χ1v) is 7.39. The molecule has 0 aliphatic rings. The molecule has 4 heteroatoms. The molecular formula is C18H22N2O2. The Hall–Kier alpha value is -2.17. The predicted molar refractivity (Wildman–Crippen MR) is 87.2 cm³/mol. The first-order valence-electron chi connectivity index (χ1n) is 7.39. The molecule has 2 atom stereocenters. The van der Waals surface area contributed by atoms with Gasteiger partial charge in [0.05, 0.1) is 6.10 Å². The van der Waals surface area contributed by atoms with Gasteiger partial charge in [0.1, 0.15) is 6.04 Å². The Morgan fingerprint density at radius 2 is 1.59 bits per heavy atom. The number of hydrogen-bond acceptors (Lipinski definition) is 3. The second-order valence-electron chi connectivity index (χ2n) is 5.48. The minimum Gasteiger partial charge on any atom is -0.391 e. The first-order chi connectivity index (χ1) is 10.6. The summed E-state index contributed by atoms with van der Waals surface area (Å²) in [5.74, 6) is -0.546. The number of rotatable bonds is 7. The van der Waals surface area contributed by atoms with Crippen LogP contribution in [0.2, 0.25) is 0 Å². The molecule has 1 amide bonds. The van der Waals surface area contributed by atoms with E-state index in [-0.39, 0.29) is 0 Å². The van der Waals surface area contributed by atoms with Gasteiger partial charge in [0.2, 0.25) is 5.91 Å². The van der Waals surface area contributed by atoms with Crippen molar-refractivity contribution in [1.29, 1.82) is 0 Å². The summed E-state index contributed by atoms with van der Waals surface area (Å²) in [5.41, 5.74) is 8.80. The number of carbonyl (C=O) groups excluding carboxylic acids is 1. The molecule has 0 saturated carbocycles. The number of nitrogens with two attached hydrogens (primary N) is 1. The first kappa shape index (κ1) is 16.2. The largest absolute Gasteiger partial charge is 0.391 e. The fourth-order valence-corrected chi connectivity index (χ4v) is 2.34. The van der Waals surface area contributed by atoms with Crippen LogP contribution < -0.4 is 11.1 Å². The molecule has 2 aromatic carbocycles. The van der Waals surface area contributed by atoms with Gasteiger partial charge in [-0.1, -0.05) is 54.6 Å². The van der Waals surface area contributed by atoms with Gasteiger partial charge in [-0.2, -0.15) is 0 Å². The molecule has 22 heavy (non-hydrogen) atoms. The quantitative estimate of drug-likeness (QED) is 0.727. The highest BCUT2D eigenvalue weighted by atomic mass is 16.3. The van der Waals surface area contributed by atoms with Gasteiger partial charge in [0.25, 0.3) is 0 Å². The van der Waals surface area contributed by atoms with Gasteiger partial charge in [-0.15, -0.1) is 0 Å². The average Bonchev–Trinajstić information content (AvgIpc) is 2.49. The summed E-state index contributed by atoms with van der Waals surface area (Å²) >= 11 is 0. The van der Waals surface area contributed by atoms with Gasteiger partial charge in [-0.3, -0.25) is 10.1 Å². The Balaban J connectivity index is 1.93. The van der Waals surface area contributed by atoms with Crippen LogP contribution in [0.4, 0.5) is 0 Å². The third-order valence-corrected chi connectivity index (χ3v) is 3.59. The standard InChI is InChI=1S/C18H22N2O2/c1-13(21)17(18(19)22)20-12-16-9-7-15(8-10-16)11-14-5-3-2-4-6-14/h2-10,13,17,20-21H,11-12H2,1H3,(H2,19,22). The van der Waals surface area contributed by atoms with Crippen LogP contribution in [-0.2, 0) is 17.8 Å². The summed E-state index contributed by atoms with van der Waals surface area (Å²) in [6, 6.07) is 17.7. The normalized spacial score (nSPS) is 13.5. The molecule has 0 aliphatic heterocycles. The van der Waals surface area contributed by atoms with E-state index >= 15 is 0 Å². The van der Waals surface area contributed by atoms with Gasteiger partial charge < -0.3 is 10.8 Å². The van der Waals surface area contributed by atoms with E-state index in [1.165, 1.54) is 11.1 Å². The highest BCUT2D eigenvalue weighted by molar-refractivity contribution is 5.80. The number of aliphatic hydroxyl groups excluding tert-OH is 1. The zero-order chi connectivity index (χ0) is 15.9. The fraction of sp³-hybridized carbons (Fsp3) is 0.278. The second-order valence-corrected chi connectivity index (χ2v) is 5.48. The number of aliphatic hydroxyl groups is 1. The Kier molecular flexibility index (Phi) is 5.69. The number of nitrogens with one attached hydrogen (secondary N) is 1. The van der Waals surface area contributed by atoms with Crippen molar-refractivity contribution in [2.45, 2.75) is 32.0 Å². The maximum atomic E-state index is 11.2. The van der Waals surface area contributed by atoms with Gasteiger partial charge in [0.15, 0.2) is 0 Å². The number of primary amides is 1. The van der Waals surface area contributed by atoms with Crippen molar-refractivity contribution in [2.24, 2.45) is 5.73 Å². The van der Waals surface area contributed by atoms with Gasteiger partial charge in [-0.25, -0.2) is 0 Å². The molecule has 0 radical (unpaired) electrons. The number of benzene rings is 2. The molecule has 2 aromatic rings. The molecule has 2 rings (SSSR count). The van der Waals surface area contributed by atoms with Crippen LogP contribution in [0, 0.1) is 0 Å². The monoisotopic (exact) mass is 298 g/mol. The van der Waals surface area contributed by atoms with Crippen molar-refractivity contribution in [3.05, 3.63) is 71.3 Å². The van der Waals surface area contributed by atoms with E-state index in [4.69, 9.17) is 5.73 Å². The summed E-state index contributed by atoms with van der Waals surface area (Å²) in [7, 11) is 0. The highest BCUT2D eigenvalue weighted by Crippen LogP contribution is 2.11. The maximum Gasteiger partial charge on any atom is 0.237 e. The van der Waals surface area contributed by atoms with Crippen LogP contribution in [0.1, 0.15) is 23.6 Å². The zero-order valence-corrected chi connectivity index (χ0v) is 12.7. The summed E-state index contributed by atoms with van der Waals surface area (Å²) in [6.07, 6.45) is 0.0847. The molecule has 0 aliphatic carbocycles. The van der Waals surface area contributed by atoms with E-state index in [9.17, 15) is 9.90 Å². The Labute approximate surface area is 131 Å². The van der Waals surface area contributed by atoms with Crippen LogP contribution >= 0.6 is 0 Å². The van der Waals surface area contributed by atoms with Crippen molar-refractivity contribution in [1.82, 2.24) is 5.32 Å². The molecule has 0 heterocycles. The SMILES string of the molecule is CC(O)C(NCc1ccc(Cc2ccccc2)cc1)C(N)=O. The van der Waals surface area contributed by atoms with Crippen molar-refractivity contribution >= 4 is 5.91 Å². The molecule has 2 unspecified atom stereocenters. The minimum absolute atomic E-state index is 0.490. The summed E-state index contributed by atoms with van der Waals surface area (Å²) in [4.78, 5) is 11.2. The number of hydrogen-bond donors (Lipinski definition) is 3. The molecular weight excluding hydrogens is 276 g/mol. The molecule has 0 aromatic heterocycles. The third-order valence-electron chi connectivity index (χ3n) is 3.59. The number of amides is 1. The van der Waals surface area contributed by atoms with Gasteiger partial charge in [0, 0.05) is 6.54 Å². The van der Waals surface area contributed by atoms with Crippen molar-refractivity contribution in [3.63, 3.8) is 0 Å². The Morgan fingerprint density at radius 1 is 1.05 bits per heavy atom. The summed E-state index contributed by atoms with van der Waals surface area (Å²) in [6.45, 7) is 2.04. The van der Waals surface area contributed by atoms with Gasteiger partial charge >= 0.3 is 0 Å². The van der Waals surface area contributed by atoms with Crippen LogP contribution in [0.5, 0.6) is 0 Å². The van der Waals surface area contributed by atoms with Crippen molar-refractivity contribution in [3.8, 4) is 0 Å². The van der Waals surface area contributed by atoms with Crippen molar-refractivity contribution in [2.75, 3.05) is 0 Å². The fourth-order valence-electron chi connectivity index (χ4n) is 2.34. The molecule has 4 N–H and O–H groups in total. The van der Waals surface area contributed by atoms with E-state index in [1.54, 1.807) is 6.92 Å². The molecule has 4 nitrogen and oxygen atoms in total. The minimum atomic E-state index is -0.810. The Bertz CT molecular complexity index is 594. The third kappa shape index (κ3) is 4.69. The van der Waals surface area contributed by atoms with Crippen LogP contribution in [-0.4, -0.2) is 23.2 Å². The molecule has 0 spiro atoms. The van der Waals surface area contributed by atoms with E-state index in [0.717, 1.165) is 12.0 Å². The topological polar surface area (TPSA) is 75.3 Å². The predicted octanol–water partition coefficient (Wildman–Crippen LogP) is 1.60. The van der Waals surface area contributed by atoms with Crippen LogP contribution in [0.15, 0.2) is 54.6 Å². The van der Waals surface area contributed by atoms with Gasteiger partial charge in [-0.05, 0) is 30.0 Å². The van der Waals surface area contributed by atoms with E-state index in [0.29, 0.717) is 6.54 Å². The Morgan fingerprint density at radius 3 is 2.14 bits per heavy atom. The maximum absolute atomic E-state index is 11.2. The lowest BCUT2D eigenvalue weighted by atomic mass is 10.0. The molecule has 0 bridgehead atoms. The molecule has 0 fully saturated rings. The lowest BCUT2D eigenvalue weighted by Gasteiger charge is -2.18. The lowest BCUT2D eigenvalue weighted by Crippen LogP contribution is -2.47. The van der Waals surface area contributed by atoms with E-state index < -0.39 is 18.1 Å². The van der Waals surface area contributed by atoms with Crippen LogP contribution in [0.25, 0.3) is 0 Å². The van der Waals surface area contributed by atoms with E-state index in [1.807, 2.05) is 30.3 Å². The number of carbonyl (C=O) groups is 1. The molecule has 0 saturated heterocycles. The smallest absolute Gasteiger partial charge is 0.237 e. The van der Waals surface area contributed by atoms with Crippen LogP contribution in [0.3, 0.4) is 0 Å². The molecule has 116 valence electrons. The van der Waals surface area contributed by atoms with E-state index in [2.05, 4.69) is 29.6 Å². The summed E-state index contributed by atoms with van der Waals surface area (Å²) < 4.78 is 0. The summed E-state index contributed by atoms with van der Waals surface area (Å²) in [5, 5.41) is 12.5. The highest BCUT2D eigenvalue weighted by Gasteiger charge is 2.19. The zero-order valence-electron chi connectivity index (χ0n) is 12.7. The second kappa shape index (κ2) is 7.73. The average molecular weight is 298 g/mol. The van der Waals surface area contributed by atoms with Crippen molar-refractivity contribution < 1.29 is 9.90 Å². The lowest BCUT2D eigenvalue weighted by molar-refractivity contribution is -0.122.